The highest BCUT2D eigenvalue weighted by Crippen LogP contribution is 2.20. The van der Waals surface area contributed by atoms with Crippen LogP contribution in [0.3, 0.4) is 0 Å². The van der Waals surface area contributed by atoms with E-state index in [0.717, 1.165) is 31.6 Å². The predicted octanol–water partition coefficient (Wildman–Crippen LogP) is 3.83. The Morgan fingerprint density at radius 2 is 1.52 bits per heavy atom. The molecule has 0 heterocycles. The Morgan fingerprint density at radius 1 is 1.04 bits per heavy atom. The van der Waals surface area contributed by atoms with Gasteiger partial charge in [-0.3, -0.25) is 4.79 Å². The first-order valence-corrected chi connectivity index (χ1v) is 8.14. The SMILES string of the molecule is C=C.CCOC(=O)C=C1CCC(=O)CC1.CCOC(C)OCC. The summed E-state index contributed by atoms with van der Waals surface area (Å²) in [6, 6.07) is 0. The summed E-state index contributed by atoms with van der Waals surface area (Å²) >= 11 is 0. The van der Waals surface area contributed by atoms with Crippen LogP contribution in [0.15, 0.2) is 24.8 Å². The number of ketones is 1. The number of carbonyl (C=O) groups excluding carboxylic acids is 2. The normalized spacial score (nSPS) is 13.4. The van der Waals surface area contributed by atoms with Crippen molar-refractivity contribution in [1.29, 1.82) is 0 Å². The molecule has 0 amide bonds. The van der Waals surface area contributed by atoms with E-state index in [1.165, 1.54) is 6.08 Å². The Labute approximate surface area is 140 Å². The molecule has 134 valence electrons. The fourth-order valence-electron chi connectivity index (χ4n) is 1.86. The molecule has 5 heteroatoms. The van der Waals surface area contributed by atoms with Crippen molar-refractivity contribution in [3.63, 3.8) is 0 Å². The molecule has 1 saturated carbocycles. The number of esters is 1. The molecule has 0 bridgehead atoms. The average Bonchev–Trinajstić information content (AvgIpc) is 2.53. The Hall–Kier alpha value is -1.46. The Balaban J connectivity index is 0. The van der Waals surface area contributed by atoms with Crippen molar-refractivity contribution in [2.45, 2.75) is 59.7 Å². The van der Waals surface area contributed by atoms with Crippen molar-refractivity contribution in [3.05, 3.63) is 24.8 Å². The molecule has 0 radical (unpaired) electrons. The summed E-state index contributed by atoms with van der Waals surface area (Å²) in [5, 5.41) is 0. The van der Waals surface area contributed by atoms with Gasteiger partial charge in [-0.1, -0.05) is 5.57 Å². The second-order valence-electron chi connectivity index (χ2n) is 4.57. The molecule has 0 aromatic heterocycles. The molecule has 0 aromatic carbocycles. The van der Waals surface area contributed by atoms with E-state index in [4.69, 9.17) is 14.2 Å². The minimum Gasteiger partial charge on any atom is -0.463 e. The zero-order valence-electron chi connectivity index (χ0n) is 15.1. The van der Waals surface area contributed by atoms with Gasteiger partial charge in [0.25, 0.3) is 0 Å². The van der Waals surface area contributed by atoms with E-state index >= 15 is 0 Å². The summed E-state index contributed by atoms with van der Waals surface area (Å²) in [6.45, 7) is 15.4. The van der Waals surface area contributed by atoms with Crippen molar-refractivity contribution < 1.29 is 23.8 Å². The summed E-state index contributed by atoms with van der Waals surface area (Å²) in [5.74, 6) is 0.00728. The lowest BCUT2D eigenvalue weighted by Crippen LogP contribution is -2.11. The van der Waals surface area contributed by atoms with Crippen LogP contribution < -0.4 is 0 Å². The number of carbonyl (C=O) groups is 2. The molecule has 5 nitrogen and oxygen atoms in total. The minimum absolute atomic E-state index is 0.0370. The number of hydrogen-bond donors (Lipinski definition) is 0. The highest BCUT2D eigenvalue weighted by atomic mass is 16.7. The fourth-order valence-corrected chi connectivity index (χ4v) is 1.86. The highest BCUT2D eigenvalue weighted by Gasteiger charge is 2.13. The van der Waals surface area contributed by atoms with Crippen molar-refractivity contribution in [3.8, 4) is 0 Å². The zero-order chi connectivity index (χ0) is 18.1. The number of rotatable bonds is 6. The van der Waals surface area contributed by atoms with Crippen LogP contribution in [0.25, 0.3) is 0 Å². The third kappa shape index (κ3) is 15.2. The minimum atomic E-state index is -0.285. The van der Waals surface area contributed by atoms with Gasteiger partial charge in [0.05, 0.1) is 6.61 Å². The highest BCUT2D eigenvalue weighted by molar-refractivity contribution is 5.85. The first kappa shape index (κ1) is 23.8. The second-order valence-corrected chi connectivity index (χ2v) is 4.57. The van der Waals surface area contributed by atoms with Crippen LogP contribution in [-0.2, 0) is 23.8 Å². The van der Waals surface area contributed by atoms with Crippen LogP contribution in [0.5, 0.6) is 0 Å². The summed E-state index contributed by atoms with van der Waals surface area (Å²) in [4.78, 5) is 21.9. The number of allylic oxidation sites excluding steroid dienone is 1. The molecule has 0 saturated heterocycles. The van der Waals surface area contributed by atoms with Crippen molar-refractivity contribution in [1.82, 2.24) is 0 Å². The van der Waals surface area contributed by atoms with E-state index in [2.05, 4.69) is 13.2 Å². The van der Waals surface area contributed by atoms with Crippen LogP contribution in [0.2, 0.25) is 0 Å². The number of hydrogen-bond acceptors (Lipinski definition) is 5. The van der Waals surface area contributed by atoms with Crippen molar-refractivity contribution in [2.24, 2.45) is 0 Å². The zero-order valence-corrected chi connectivity index (χ0v) is 15.1. The average molecular weight is 328 g/mol. The molecule has 0 aromatic rings. The van der Waals surface area contributed by atoms with E-state index in [1.54, 1.807) is 6.92 Å². The summed E-state index contributed by atoms with van der Waals surface area (Å²) in [6.07, 6.45) is 4.08. The molecular weight excluding hydrogens is 296 g/mol. The van der Waals surface area contributed by atoms with Crippen LogP contribution >= 0.6 is 0 Å². The molecule has 1 rings (SSSR count). The predicted molar refractivity (Wildman–Crippen MR) is 92.2 cm³/mol. The van der Waals surface area contributed by atoms with E-state index in [-0.39, 0.29) is 12.3 Å². The van der Waals surface area contributed by atoms with Crippen LogP contribution in [0, 0.1) is 0 Å². The van der Waals surface area contributed by atoms with Crippen molar-refractivity contribution >= 4 is 11.8 Å². The number of Topliss-reactive ketones (excluding diaryl/α,β-unsaturated/α-hetero) is 1. The van der Waals surface area contributed by atoms with E-state index in [0.29, 0.717) is 25.2 Å². The largest absolute Gasteiger partial charge is 0.463 e. The first-order chi connectivity index (χ1) is 11.0. The maximum absolute atomic E-state index is 11.0. The third-order valence-electron chi connectivity index (χ3n) is 2.86. The molecule has 0 unspecified atom stereocenters. The lowest BCUT2D eigenvalue weighted by Gasteiger charge is -2.11. The lowest BCUT2D eigenvalue weighted by molar-refractivity contribution is -0.137. The molecule has 0 N–H and O–H groups in total. The Morgan fingerprint density at radius 3 is 1.91 bits per heavy atom. The molecule has 1 aliphatic carbocycles. The first-order valence-electron chi connectivity index (χ1n) is 8.14. The molecule has 0 aliphatic heterocycles. The monoisotopic (exact) mass is 328 g/mol. The molecule has 0 spiro atoms. The molecule has 1 fully saturated rings. The molecule has 23 heavy (non-hydrogen) atoms. The van der Waals surface area contributed by atoms with Crippen LogP contribution in [0.1, 0.15) is 53.4 Å². The van der Waals surface area contributed by atoms with Gasteiger partial charge >= 0.3 is 5.97 Å². The maximum atomic E-state index is 11.0. The fraction of sp³-hybridized carbons (Fsp3) is 0.667. The molecule has 1 aliphatic rings. The topological polar surface area (TPSA) is 61.8 Å². The summed E-state index contributed by atoms with van der Waals surface area (Å²) < 4.78 is 14.9. The van der Waals surface area contributed by atoms with Gasteiger partial charge in [-0.15, -0.1) is 13.2 Å². The second kappa shape index (κ2) is 16.9. The van der Waals surface area contributed by atoms with E-state index in [1.807, 2.05) is 20.8 Å². The lowest BCUT2D eigenvalue weighted by atomic mass is 9.94. The molecule has 0 atom stereocenters. The quantitative estimate of drug-likeness (QED) is 0.321. The van der Waals surface area contributed by atoms with Gasteiger partial charge in [0.1, 0.15) is 5.78 Å². The van der Waals surface area contributed by atoms with Gasteiger partial charge in [0.2, 0.25) is 0 Å². The number of ether oxygens (including phenoxy) is 3. The van der Waals surface area contributed by atoms with Gasteiger partial charge in [-0.2, -0.15) is 0 Å². The van der Waals surface area contributed by atoms with E-state index < -0.39 is 0 Å². The van der Waals surface area contributed by atoms with Gasteiger partial charge in [0.15, 0.2) is 6.29 Å². The smallest absolute Gasteiger partial charge is 0.330 e. The van der Waals surface area contributed by atoms with Crippen LogP contribution in [0.4, 0.5) is 0 Å². The standard InChI is InChI=1S/C10H14O3.C6H14O2.C2H4/c1-2-13-10(12)7-8-3-5-9(11)6-4-8;1-4-7-6(3)8-5-2;1-2/h7H,2-6H2,1H3;6H,4-5H2,1-3H3;1-2H2. The van der Waals surface area contributed by atoms with Crippen LogP contribution in [-0.4, -0.2) is 37.9 Å². The third-order valence-corrected chi connectivity index (χ3v) is 2.86. The van der Waals surface area contributed by atoms with Gasteiger partial charge in [0, 0.05) is 32.1 Å². The molecular formula is C18H32O5. The van der Waals surface area contributed by atoms with Crippen molar-refractivity contribution in [2.75, 3.05) is 19.8 Å². The van der Waals surface area contributed by atoms with Gasteiger partial charge < -0.3 is 14.2 Å². The van der Waals surface area contributed by atoms with Gasteiger partial charge in [-0.05, 0) is 40.5 Å². The Bertz CT molecular complexity index is 331. The summed E-state index contributed by atoms with van der Waals surface area (Å²) in [7, 11) is 0. The maximum Gasteiger partial charge on any atom is 0.330 e. The Kier molecular flexibility index (Phi) is 17.5. The summed E-state index contributed by atoms with van der Waals surface area (Å²) in [5.41, 5.74) is 1.04. The van der Waals surface area contributed by atoms with E-state index in [9.17, 15) is 9.59 Å². The van der Waals surface area contributed by atoms with Gasteiger partial charge in [-0.25, -0.2) is 4.79 Å².